The van der Waals surface area contributed by atoms with Crippen LogP contribution in [0.2, 0.25) is 0 Å². The quantitative estimate of drug-likeness (QED) is 0.776. The van der Waals surface area contributed by atoms with Gasteiger partial charge in [0.15, 0.2) is 6.10 Å². The highest BCUT2D eigenvalue weighted by Gasteiger charge is 2.19. The van der Waals surface area contributed by atoms with Crippen molar-refractivity contribution >= 4 is 5.97 Å². The molecule has 0 bridgehead atoms. The molecule has 15 heavy (non-hydrogen) atoms. The topological polar surface area (TPSA) is 46.5 Å². The normalized spacial score (nSPS) is 12.3. The Bertz CT molecular complexity index is 343. The van der Waals surface area contributed by atoms with E-state index in [9.17, 15) is 14.3 Å². The summed E-state index contributed by atoms with van der Waals surface area (Å²) >= 11 is 0. The van der Waals surface area contributed by atoms with Gasteiger partial charge in [0.2, 0.25) is 0 Å². The highest BCUT2D eigenvalue weighted by Crippen LogP contribution is 2.17. The van der Waals surface area contributed by atoms with Gasteiger partial charge in [-0.1, -0.05) is 6.07 Å². The van der Waals surface area contributed by atoms with E-state index in [4.69, 9.17) is 0 Å². The molecule has 3 nitrogen and oxygen atoms in total. The van der Waals surface area contributed by atoms with Crippen LogP contribution in [-0.4, -0.2) is 17.7 Å². The average molecular weight is 212 g/mol. The molecule has 1 aromatic carbocycles. The number of ether oxygens (including phenoxy) is 1. The van der Waals surface area contributed by atoms with Gasteiger partial charge in [-0.25, -0.2) is 9.18 Å². The fraction of sp³-hybridized carbons (Fsp3) is 0.364. The summed E-state index contributed by atoms with van der Waals surface area (Å²) in [7, 11) is 0. The maximum Gasteiger partial charge on any atom is 0.339 e. The van der Waals surface area contributed by atoms with Crippen LogP contribution in [0, 0.1) is 12.7 Å². The van der Waals surface area contributed by atoms with Crippen LogP contribution in [0.3, 0.4) is 0 Å². The van der Waals surface area contributed by atoms with Crippen molar-refractivity contribution in [2.75, 3.05) is 6.61 Å². The van der Waals surface area contributed by atoms with Crippen molar-refractivity contribution < 1.29 is 19.0 Å². The van der Waals surface area contributed by atoms with Crippen LogP contribution in [0.1, 0.15) is 24.2 Å². The van der Waals surface area contributed by atoms with Crippen LogP contribution in [0.4, 0.5) is 4.39 Å². The molecule has 82 valence electrons. The zero-order chi connectivity index (χ0) is 11.4. The minimum absolute atomic E-state index is 0.185. The highest BCUT2D eigenvalue weighted by atomic mass is 19.1. The first-order chi connectivity index (χ1) is 7.04. The van der Waals surface area contributed by atoms with E-state index in [2.05, 4.69) is 4.74 Å². The molecule has 1 aromatic rings. The number of aliphatic hydroxyl groups is 1. The van der Waals surface area contributed by atoms with Gasteiger partial charge in [-0.3, -0.25) is 0 Å². The molecule has 0 fully saturated rings. The van der Waals surface area contributed by atoms with E-state index in [1.807, 2.05) is 0 Å². The van der Waals surface area contributed by atoms with Crippen molar-refractivity contribution in [3.8, 4) is 0 Å². The van der Waals surface area contributed by atoms with Gasteiger partial charge < -0.3 is 9.84 Å². The standard InChI is InChI=1S/C11H13FO3/c1-3-15-11(14)10(13)8-4-7(2)5-9(12)6-8/h4-6,10,13H,3H2,1-2H3. The summed E-state index contributed by atoms with van der Waals surface area (Å²) in [6, 6.07) is 3.99. The molecule has 0 aliphatic carbocycles. The molecule has 1 rings (SSSR count). The number of aryl methyl sites for hydroxylation is 1. The van der Waals surface area contributed by atoms with E-state index in [0.717, 1.165) is 6.07 Å². The summed E-state index contributed by atoms with van der Waals surface area (Å²) < 4.78 is 17.6. The Morgan fingerprint density at radius 2 is 2.20 bits per heavy atom. The third-order valence-electron chi connectivity index (χ3n) is 1.89. The molecule has 0 saturated carbocycles. The Kier molecular flexibility index (Phi) is 3.80. The van der Waals surface area contributed by atoms with Gasteiger partial charge in [0.05, 0.1) is 6.61 Å². The molecule has 0 heterocycles. The Morgan fingerprint density at radius 1 is 1.53 bits per heavy atom. The van der Waals surface area contributed by atoms with Gasteiger partial charge in [-0.05, 0) is 37.1 Å². The summed E-state index contributed by atoms with van der Waals surface area (Å²) in [6.45, 7) is 3.51. The molecule has 1 unspecified atom stereocenters. The third kappa shape index (κ3) is 3.02. The SMILES string of the molecule is CCOC(=O)C(O)c1cc(C)cc(F)c1. The number of benzene rings is 1. The molecule has 0 spiro atoms. The molecule has 1 atom stereocenters. The second-order valence-electron chi connectivity index (χ2n) is 3.22. The Morgan fingerprint density at radius 3 is 2.73 bits per heavy atom. The smallest absolute Gasteiger partial charge is 0.339 e. The van der Waals surface area contributed by atoms with Gasteiger partial charge >= 0.3 is 5.97 Å². The first-order valence-electron chi connectivity index (χ1n) is 4.66. The number of aliphatic hydroxyl groups excluding tert-OH is 1. The van der Waals surface area contributed by atoms with E-state index in [1.165, 1.54) is 6.07 Å². The number of esters is 1. The Hall–Kier alpha value is -1.42. The molecule has 0 aliphatic rings. The van der Waals surface area contributed by atoms with Crippen LogP contribution in [0.25, 0.3) is 0 Å². The molecule has 0 saturated heterocycles. The van der Waals surface area contributed by atoms with Crippen LogP contribution < -0.4 is 0 Å². The van der Waals surface area contributed by atoms with E-state index in [0.29, 0.717) is 5.56 Å². The van der Waals surface area contributed by atoms with Gasteiger partial charge in [-0.2, -0.15) is 0 Å². The van der Waals surface area contributed by atoms with E-state index >= 15 is 0 Å². The summed E-state index contributed by atoms with van der Waals surface area (Å²) in [5, 5.41) is 9.53. The first-order valence-corrected chi connectivity index (χ1v) is 4.66. The lowest BCUT2D eigenvalue weighted by Gasteiger charge is -2.10. The summed E-state index contributed by atoms with van der Waals surface area (Å²) in [5.41, 5.74) is 0.860. The van der Waals surface area contributed by atoms with Crippen molar-refractivity contribution in [1.82, 2.24) is 0 Å². The number of carbonyl (C=O) groups excluding carboxylic acids is 1. The van der Waals surface area contributed by atoms with Crippen LogP contribution >= 0.6 is 0 Å². The zero-order valence-electron chi connectivity index (χ0n) is 8.66. The van der Waals surface area contributed by atoms with Crippen LogP contribution in [0.15, 0.2) is 18.2 Å². The minimum Gasteiger partial charge on any atom is -0.464 e. The van der Waals surface area contributed by atoms with E-state index < -0.39 is 17.9 Å². The van der Waals surface area contributed by atoms with Crippen LogP contribution in [0.5, 0.6) is 0 Å². The molecular formula is C11H13FO3. The van der Waals surface area contributed by atoms with E-state index in [-0.39, 0.29) is 12.2 Å². The minimum atomic E-state index is -1.42. The fourth-order valence-electron chi connectivity index (χ4n) is 1.28. The lowest BCUT2D eigenvalue weighted by molar-refractivity contribution is -0.153. The third-order valence-corrected chi connectivity index (χ3v) is 1.89. The van der Waals surface area contributed by atoms with Gasteiger partial charge in [-0.15, -0.1) is 0 Å². The fourth-order valence-corrected chi connectivity index (χ4v) is 1.28. The van der Waals surface area contributed by atoms with Crippen molar-refractivity contribution in [1.29, 1.82) is 0 Å². The zero-order valence-corrected chi connectivity index (χ0v) is 8.66. The molecule has 4 heteroatoms. The molecule has 1 N–H and O–H groups in total. The molecule has 0 amide bonds. The average Bonchev–Trinajstić information content (AvgIpc) is 2.15. The van der Waals surface area contributed by atoms with Crippen molar-refractivity contribution in [3.63, 3.8) is 0 Å². The summed E-state index contributed by atoms with van der Waals surface area (Å²) in [6.07, 6.45) is -1.42. The van der Waals surface area contributed by atoms with Crippen molar-refractivity contribution in [2.24, 2.45) is 0 Å². The van der Waals surface area contributed by atoms with Gasteiger partial charge in [0.1, 0.15) is 5.82 Å². The first kappa shape index (κ1) is 11.7. The number of carbonyl (C=O) groups is 1. The molecule has 0 radical (unpaired) electrons. The monoisotopic (exact) mass is 212 g/mol. The molecule has 0 aromatic heterocycles. The van der Waals surface area contributed by atoms with Crippen molar-refractivity contribution in [2.45, 2.75) is 20.0 Å². The number of hydrogen-bond donors (Lipinski definition) is 1. The summed E-state index contributed by atoms with van der Waals surface area (Å²) in [4.78, 5) is 11.2. The van der Waals surface area contributed by atoms with Crippen LogP contribution in [-0.2, 0) is 9.53 Å². The second-order valence-corrected chi connectivity index (χ2v) is 3.22. The predicted molar refractivity (Wildman–Crippen MR) is 52.7 cm³/mol. The number of halogens is 1. The number of rotatable bonds is 3. The molecule has 0 aliphatic heterocycles. The maximum atomic E-state index is 13.0. The Labute approximate surface area is 87.5 Å². The number of hydrogen-bond acceptors (Lipinski definition) is 3. The predicted octanol–water partition coefficient (Wildman–Crippen LogP) is 1.73. The van der Waals surface area contributed by atoms with Gasteiger partial charge in [0.25, 0.3) is 0 Å². The van der Waals surface area contributed by atoms with Crippen molar-refractivity contribution in [3.05, 3.63) is 35.1 Å². The summed E-state index contributed by atoms with van der Waals surface area (Å²) in [5.74, 6) is -1.24. The van der Waals surface area contributed by atoms with Gasteiger partial charge in [0, 0.05) is 0 Å². The lowest BCUT2D eigenvalue weighted by atomic mass is 10.1. The Balaban J connectivity index is 2.90. The lowest BCUT2D eigenvalue weighted by Crippen LogP contribution is -2.15. The molecular weight excluding hydrogens is 199 g/mol. The highest BCUT2D eigenvalue weighted by molar-refractivity contribution is 5.76. The maximum absolute atomic E-state index is 13.0. The largest absolute Gasteiger partial charge is 0.464 e. The second kappa shape index (κ2) is 4.89. The van der Waals surface area contributed by atoms with E-state index in [1.54, 1.807) is 19.9 Å².